The lowest BCUT2D eigenvalue weighted by molar-refractivity contribution is 0.389. The molecule has 0 bridgehead atoms. The van der Waals surface area contributed by atoms with E-state index in [1.54, 1.807) is 0 Å². The van der Waals surface area contributed by atoms with Gasteiger partial charge in [-0.2, -0.15) is 5.26 Å². The second-order valence-electron chi connectivity index (χ2n) is 6.13. The van der Waals surface area contributed by atoms with Crippen molar-refractivity contribution >= 4 is 11.0 Å². The number of rotatable bonds is 6. The number of para-hydroxylation sites is 2. The summed E-state index contributed by atoms with van der Waals surface area (Å²) in [7, 11) is 0. The predicted octanol–water partition coefficient (Wildman–Crippen LogP) is 3.02. The number of aryl methyl sites for hydroxylation is 2. The molecular weight excluding hydrogens is 260 g/mol. The highest BCUT2D eigenvalue weighted by molar-refractivity contribution is 5.75. The van der Waals surface area contributed by atoms with Crippen molar-refractivity contribution in [3.63, 3.8) is 0 Å². The third-order valence-corrected chi connectivity index (χ3v) is 4.23. The van der Waals surface area contributed by atoms with E-state index in [0.29, 0.717) is 6.04 Å². The molecular formula is C17H22N4. The third-order valence-electron chi connectivity index (χ3n) is 4.23. The molecule has 1 aromatic carbocycles. The number of nitriles is 1. The van der Waals surface area contributed by atoms with Crippen molar-refractivity contribution in [3.8, 4) is 6.07 Å². The quantitative estimate of drug-likeness (QED) is 0.886. The number of imidazole rings is 1. The molecule has 1 saturated carbocycles. The van der Waals surface area contributed by atoms with E-state index >= 15 is 0 Å². The number of aromatic nitrogens is 2. The molecule has 4 nitrogen and oxygen atoms in total. The largest absolute Gasteiger partial charge is 0.328 e. The Bertz CT molecular complexity index is 678. The molecule has 1 N–H and O–H groups in total. The Morgan fingerprint density at radius 2 is 2.19 bits per heavy atom. The summed E-state index contributed by atoms with van der Waals surface area (Å²) < 4.78 is 2.26. The number of nitrogens with one attached hydrogen (secondary N) is 1. The number of hydrogen-bond acceptors (Lipinski definition) is 3. The van der Waals surface area contributed by atoms with Gasteiger partial charge in [-0.05, 0) is 38.3 Å². The second-order valence-corrected chi connectivity index (χ2v) is 6.13. The van der Waals surface area contributed by atoms with Gasteiger partial charge < -0.3 is 4.57 Å². The van der Waals surface area contributed by atoms with Crippen LogP contribution in [0.2, 0.25) is 0 Å². The van der Waals surface area contributed by atoms with Crippen LogP contribution in [0.3, 0.4) is 0 Å². The highest BCUT2D eigenvalue weighted by Crippen LogP contribution is 2.25. The molecule has 1 aromatic heterocycles. The van der Waals surface area contributed by atoms with Gasteiger partial charge in [0.05, 0.1) is 17.1 Å². The molecule has 1 unspecified atom stereocenters. The van der Waals surface area contributed by atoms with E-state index in [1.807, 2.05) is 19.1 Å². The van der Waals surface area contributed by atoms with E-state index in [9.17, 15) is 5.26 Å². The maximum atomic E-state index is 9.49. The Hall–Kier alpha value is -1.86. The minimum absolute atomic E-state index is 0.447. The van der Waals surface area contributed by atoms with Gasteiger partial charge in [0.25, 0.3) is 0 Å². The van der Waals surface area contributed by atoms with Crippen LogP contribution in [0.15, 0.2) is 24.3 Å². The monoisotopic (exact) mass is 282 g/mol. The number of benzene rings is 1. The highest BCUT2D eigenvalue weighted by atomic mass is 15.1. The molecule has 0 radical (unpaired) electrons. The highest BCUT2D eigenvalue weighted by Gasteiger charge is 2.32. The van der Waals surface area contributed by atoms with Gasteiger partial charge in [-0.25, -0.2) is 4.98 Å². The smallest absolute Gasteiger partial charge is 0.109 e. The van der Waals surface area contributed by atoms with Crippen LogP contribution in [-0.4, -0.2) is 21.1 Å². The van der Waals surface area contributed by atoms with E-state index in [1.165, 1.54) is 18.4 Å². The summed E-state index contributed by atoms with van der Waals surface area (Å²) in [5.41, 5.74) is 1.77. The van der Waals surface area contributed by atoms with Crippen molar-refractivity contribution in [2.45, 2.75) is 57.7 Å². The molecule has 2 aromatic rings. The number of hydrogen-bond donors (Lipinski definition) is 1. The Kier molecular flexibility index (Phi) is 3.69. The van der Waals surface area contributed by atoms with Gasteiger partial charge in [0.1, 0.15) is 11.4 Å². The van der Waals surface area contributed by atoms with Gasteiger partial charge in [-0.15, -0.1) is 0 Å². The fraction of sp³-hybridized carbons (Fsp3) is 0.529. The first-order valence-corrected chi connectivity index (χ1v) is 7.78. The Morgan fingerprint density at radius 1 is 1.43 bits per heavy atom. The van der Waals surface area contributed by atoms with E-state index in [4.69, 9.17) is 4.98 Å². The van der Waals surface area contributed by atoms with Crippen LogP contribution in [-0.2, 0) is 13.0 Å². The lowest BCUT2D eigenvalue weighted by Gasteiger charge is -2.24. The summed E-state index contributed by atoms with van der Waals surface area (Å²) in [6.45, 7) is 4.97. The molecule has 0 aliphatic heterocycles. The van der Waals surface area contributed by atoms with Gasteiger partial charge in [0, 0.05) is 19.0 Å². The summed E-state index contributed by atoms with van der Waals surface area (Å²) in [6.07, 6.45) is 4.11. The first-order chi connectivity index (χ1) is 10.1. The molecule has 1 atom stereocenters. The van der Waals surface area contributed by atoms with Crippen LogP contribution >= 0.6 is 0 Å². The van der Waals surface area contributed by atoms with Gasteiger partial charge in [-0.3, -0.25) is 5.32 Å². The average Bonchev–Trinajstić information content (AvgIpc) is 3.23. The molecule has 0 amide bonds. The molecule has 4 heteroatoms. The molecule has 0 saturated heterocycles. The van der Waals surface area contributed by atoms with Crippen molar-refractivity contribution in [1.29, 1.82) is 5.26 Å². The number of nitrogens with zero attached hydrogens (tertiary/aromatic N) is 3. The molecule has 110 valence electrons. The van der Waals surface area contributed by atoms with Gasteiger partial charge >= 0.3 is 0 Å². The predicted molar refractivity (Wildman–Crippen MR) is 83.9 cm³/mol. The first-order valence-electron chi connectivity index (χ1n) is 7.78. The van der Waals surface area contributed by atoms with E-state index in [-0.39, 0.29) is 0 Å². The third kappa shape index (κ3) is 2.93. The summed E-state index contributed by atoms with van der Waals surface area (Å²) in [6, 6.07) is 11.2. The normalized spacial score (nSPS) is 17.6. The summed E-state index contributed by atoms with van der Waals surface area (Å²) >= 11 is 0. The molecule has 0 spiro atoms. The van der Waals surface area contributed by atoms with Crippen LogP contribution in [0.25, 0.3) is 11.0 Å². The molecule has 1 fully saturated rings. The van der Waals surface area contributed by atoms with Crippen molar-refractivity contribution in [3.05, 3.63) is 30.1 Å². The standard InChI is InChI=1S/C17H22N4/c1-3-16-19-14-6-4-5-7-15(14)21(16)11-10-17(2,12-18)20-13-8-9-13/h4-7,13,20H,3,8-11H2,1-2H3. The Labute approximate surface area is 125 Å². The Balaban J connectivity index is 1.82. The summed E-state index contributed by atoms with van der Waals surface area (Å²) in [4.78, 5) is 4.69. The topological polar surface area (TPSA) is 53.6 Å². The lowest BCUT2D eigenvalue weighted by Crippen LogP contribution is -2.43. The fourth-order valence-corrected chi connectivity index (χ4v) is 2.82. The van der Waals surface area contributed by atoms with Gasteiger partial charge in [0.15, 0.2) is 0 Å². The SMILES string of the molecule is CCc1nc2ccccc2n1CCC(C)(C#N)NC1CC1. The van der Waals surface area contributed by atoms with Crippen LogP contribution in [0, 0.1) is 11.3 Å². The maximum absolute atomic E-state index is 9.49. The second kappa shape index (κ2) is 5.50. The van der Waals surface area contributed by atoms with Crippen LogP contribution in [0.5, 0.6) is 0 Å². The van der Waals surface area contributed by atoms with E-state index in [0.717, 1.165) is 30.7 Å². The zero-order chi connectivity index (χ0) is 14.9. The van der Waals surface area contributed by atoms with Crippen molar-refractivity contribution in [1.82, 2.24) is 14.9 Å². The van der Waals surface area contributed by atoms with Crippen LogP contribution in [0.1, 0.15) is 38.9 Å². The molecule has 3 rings (SSSR count). The minimum atomic E-state index is -0.447. The average molecular weight is 282 g/mol. The van der Waals surface area contributed by atoms with Crippen LogP contribution < -0.4 is 5.32 Å². The molecule has 21 heavy (non-hydrogen) atoms. The first kappa shape index (κ1) is 14.1. The molecule has 1 aliphatic rings. The van der Waals surface area contributed by atoms with Crippen molar-refractivity contribution in [2.24, 2.45) is 0 Å². The molecule has 1 heterocycles. The van der Waals surface area contributed by atoms with Gasteiger partial charge in [-0.1, -0.05) is 19.1 Å². The maximum Gasteiger partial charge on any atom is 0.109 e. The zero-order valence-corrected chi connectivity index (χ0v) is 12.8. The zero-order valence-electron chi connectivity index (χ0n) is 12.8. The van der Waals surface area contributed by atoms with E-state index < -0.39 is 5.54 Å². The molecule has 1 aliphatic carbocycles. The lowest BCUT2D eigenvalue weighted by atomic mass is 9.99. The Morgan fingerprint density at radius 3 is 2.86 bits per heavy atom. The minimum Gasteiger partial charge on any atom is -0.328 e. The van der Waals surface area contributed by atoms with Gasteiger partial charge in [0.2, 0.25) is 0 Å². The summed E-state index contributed by atoms with van der Waals surface area (Å²) in [5, 5.41) is 13.0. The summed E-state index contributed by atoms with van der Waals surface area (Å²) in [5.74, 6) is 1.10. The number of fused-ring (bicyclic) bond motifs is 1. The van der Waals surface area contributed by atoms with Crippen LogP contribution in [0.4, 0.5) is 0 Å². The fourth-order valence-electron chi connectivity index (χ4n) is 2.82. The van der Waals surface area contributed by atoms with Crippen molar-refractivity contribution in [2.75, 3.05) is 0 Å². The van der Waals surface area contributed by atoms with Crippen molar-refractivity contribution < 1.29 is 0 Å². The van der Waals surface area contributed by atoms with E-state index in [2.05, 4.69) is 35.0 Å².